The number of carbonyl (C=O) groups excluding carboxylic acids is 2. The van der Waals surface area contributed by atoms with Crippen molar-refractivity contribution in [1.29, 1.82) is 5.26 Å². The van der Waals surface area contributed by atoms with Crippen molar-refractivity contribution in [2.45, 2.75) is 32.1 Å². The van der Waals surface area contributed by atoms with Crippen LogP contribution in [0.1, 0.15) is 43.2 Å². The topological polar surface area (TPSA) is 96.0 Å². The number of hydrogen-bond acceptors (Lipinski definition) is 4. The van der Waals surface area contributed by atoms with Crippen LogP contribution in [0.2, 0.25) is 0 Å². The summed E-state index contributed by atoms with van der Waals surface area (Å²) in [7, 11) is 0. The second kappa shape index (κ2) is 7.34. The molecule has 0 saturated carbocycles. The van der Waals surface area contributed by atoms with E-state index < -0.39 is 5.91 Å². The van der Waals surface area contributed by atoms with Gasteiger partial charge in [0.1, 0.15) is 0 Å². The molecule has 23 heavy (non-hydrogen) atoms. The number of nitriles is 1. The lowest BCUT2D eigenvalue weighted by molar-refractivity contribution is -0.121. The highest BCUT2D eigenvalue weighted by Gasteiger charge is 2.29. The Morgan fingerprint density at radius 3 is 2.61 bits per heavy atom. The van der Waals surface area contributed by atoms with Gasteiger partial charge in [0.25, 0.3) is 0 Å². The van der Waals surface area contributed by atoms with Gasteiger partial charge in [0.2, 0.25) is 11.8 Å². The van der Waals surface area contributed by atoms with Crippen molar-refractivity contribution in [3.8, 4) is 6.07 Å². The molecule has 1 aliphatic rings. The van der Waals surface area contributed by atoms with E-state index in [1.54, 1.807) is 0 Å². The van der Waals surface area contributed by atoms with Gasteiger partial charge in [-0.2, -0.15) is 5.26 Å². The third-order valence-corrected chi connectivity index (χ3v) is 4.76. The summed E-state index contributed by atoms with van der Waals surface area (Å²) in [5.41, 5.74) is 7.76. The van der Waals surface area contributed by atoms with Crippen LogP contribution in [-0.4, -0.2) is 17.6 Å². The van der Waals surface area contributed by atoms with Crippen molar-refractivity contribution in [3.63, 3.8) is 0 Å². The molecule has 5 nitrogen and oxygen atoms in total. The van der Waals surface area contributed by atoms with E-state index >= 15 is 0 Å². The predicted molar refractivity (Wildman–Crippen MR) is 90.3 cm³/mol. The average Bonchev–Trinajstić information content (AvgIpc) is 2.52. The van der Waals surface area contributed by atoms with E-state index in [1.807, 2.05) is 24.3 Å². The van der Waals surface area contributed by atoms with Crippen LogP contribution >= 0.6 is 11.8 Å². The van der Waals surface area contributed by atoms with E-state index in [9.17, 15) is 14.9 Å². The molecule has 0 aromatic heterocycles. The number of carbonyl (C=O) groups is 2. The highest BCUT2D eigenvalue weighted by Crippen LogP contribution is 2.36. The number of benzene rings is 1. The molecule has 0 aliphatic carbocycles. The minimum absolute atomic E-state index is 0.0276. The number of nitrogens with one attached hydrogen (secondary N) is 1. The van der Waals surface area contributed by atoms with Gasteiger partial charge in [0.15, 0.2) is 0 Å². The van der Waals surface area contributed by atoms with E-state index in [-0.39, 0.29) is 24.0 Å². The zero-order valence-corrected chi connectivity index (χ0v) is 13.9. The average molecular weight is 329 g/mol. The lowest BCUT2D eigenvalue weighted by Gasteiger charge is -2.25. The number of primary amides is 1. The molecule has 0 unspecified atom stereocenters. The smallest absolute Gasteiger partial charge is 0.227 e. The quantitative estimate of drug-likeness (QED) is 0.867. The molecule has 1 heterocycles. The predicted octanol–water partition coefficient (Wildman–Crippen LogP) is 2.37. The molecule has 0 bridgehead atoms. The van der Waals surface area contributed by atoms with Gasteiger partial charge in [-0.15, -0.1) is 0 Å². The van der Waals surface area contributed by atoms with Crippen molar-refractivity contribution >= 4 is 23.6 Å². The van der Waals surface area contributed by atoms with E-state index in [0.717, 1.165) is 17.3 Å². The monoisotopic (exact) mass is 329 g/mol. The van der Waals surface area contributed by atoms with Gasteiger partial charge >= 0.3 is 0 Å². The SMILES string of the molecule is CC(C)c1ccc([C@H]2CC(=O)NC(SCC(N)=O)=C2C#N)cc1. The number of allylic oxidation sites excluding steroid dienone is 1. The first-order chi connectivity index (χ1) is 10.9. The Morgan fingerprint density at radius 1 is 1.43 bits per heavy atom. The molecule has 120 valence electrons. The molecular formula is C17H19N3O2S. The second-order valence-electron chi connectivity index (χ2n) is 5.74. The summed E-state index contributed by atoms with van der Waals surface area (Å²) in [5.74, 6) is -0.483. The van der Waals surface area contributed by atoms with E-state index in [0.29, 0.717) is 16.5 Å². The fraction of sp³-hybridized carbons (Fsp3) is 0.353. The molecule has 6 heteroatoms. The fourth-order valence-electron chi connectivity index (χ4n) is 2.47. The van der Waals surface area contributed by atoms with Gasteiger partial charge in [-0.1, -0.05) is 49.9 Å². The molecule has 0 spiro atoms. The number of thioether (sulfide) groups is 1. The molecule has 3 N–H and O–H groups in total. The number of amides is 2. The Hall–Kier alpha value is -2.26. The maximum absolute atomic E-state index is 12.0. The summed E-state index contributed by atoms with van der Waals surface area (Å²) in [6.07, 6.45) is 0.227. The standard InChI is InChI=1S/C17H19N3O2S/c1-10(2)11-3-5-12(6-4-11)13-7-16(22)20-17(14(13)8-18)23-9-15(19)21/h3-6,10,13H,7,9H2,1-2H3,(H2,19,21)(H,20,22)/t13-/m1/s1. The minimum atomic E-state index is -0.488. The maximum atomic E-state index is 12.0. The Kier molecular flexibility index (Phi) is 5.45. The van der Waals surface area contributed by atoms with Gasteiger partial charge in [0.05, 0.1) is 22.4 Å². The molecule has 1 aromatic carbocycles. The van der Waals surface area contributed by atoms with Crippen LogP contribution in [0.25, 0.3) is 0 Å². The van der Waals surface area contributed by atoms with Crippen molar-refractivity contribution in [1.82, 2.24) is 5.32 Å². The normalized spacial score (nSPS) is 17.8. The molecular weight excluding hydrogens is 310 g/mol. The van der Waals surface area contributed by atoms with Gasteiger partial charge in [-0.25, -0.2) is 0 Å². The first-order valence-electron chi connectivity index (χ1n) is 7.37. The summed E-state index contributed by atoms with van der Waals surface area (Å²) >= 11 is 1.10. The van der Waals surface area contributed by atoms with Gasteiger partial charge in [0, 0.05) is 12.3 Å². The number of nitrogens with two attached hydrogens (primary N) is 1. The van der Waals surface area contributed by atoms with Gasteiger partial charge in [-0.05, 0) is 17.0 Å². The highest BCUT2D eigenvalue weighted by atomic mass is 32.2. The van der Waals surface area contributed by atoms with Crippen LogP contribution in [0.4, 0.5) is 0 Å². The summed E-state index contributed by atoms with van der Waals surface area (Å²) in [6, 6.07) is 10.2. The van der Waals surface area contributed by atoms with Crippen molar-refractivity contribution < 1.29 is 9.59 Å². The van der Waals surface area contributed by atoms with Crippen LogP contribution in [0.3, 0.4) is 0 Å². The van der Waals surface area contributed by atoms with Crippen LogP contribution in [0.15, 0.2) is 34.9 Å². The lowest BCUT2D eigenvalue weighted by atomic mass is 9.86. The third-order valence-electron chi connectivity index (χ3n) is 3.72. The Labute approximate surface area is 139 Å². The Balaban J connectivity index is 2.34. The van der Waals surface area contributed by atoms with Crippen LogP contribution in [0, 0.1) is 11.3 Å². The Morgan fingerprint density at radius 2 is 2.09 bits per heavy atom. The highest BCUT2D eigenvalue weighted by molar-refractivity contribution is 8.03. The summed E-state index contributed by atoms with van der Waals surface area (Å²) < 4.78 is 0. The van der Waals surface area contributed by atoms with Crippen molar-refractivity contribution in [3.05, 3.63) is 46.0 Å². The summed E-state index contributed by atoms with van der Waals surface area (Å²) in [5, 5.41) is 12.6. The van der Waals surface area contributed by atoms with Crippen molar-refractivity contribution in [2.75, 3.05) is 5.75 Å². The molecule has 0 radical (unpaired) electrons. The maximum Gasteiger partial charge on any atom is 0.227 e. The van der Waals surface area contributed by atoms with Crippen LogP contribution in [0.5, 0.6) is 0 Å². The second-order valence-corrected chi connectivity index (χ2v) is 6.72. The minimum Gasteiger partial charge on any atom is -0.369 e. The first-order valence-corrected chi connectivity index (χ1v) is 8.36. The zero-order valence-electron chi connectivity index (χ0n) is 13.1. The molecule has 2 rings (SSSR count). The molecule has 2 amide bonds. The molecule has 0 saturated heterocycles. The summed E-state index contributed by atoms with van der Waals surface area (Å²) in [4.78, 5) is 22.9. The van der Waals surface area contributed by atoms with Crippen molar-refractivity contribution in [2.24, 2.45) is 5.73 Å². The van der Waals surface area contributed by atoms with Crippen LogP contribution < -0.4 is 11.1 Å². The molecule has 0 fully saturated rings. The number of rotatable bonds is 5. The molecule has 1 aliphatic heterocycles. The van der Waals surface area contributed by atoms with Gasteiger partial charge < -0.3 is 11.1 Å². The lowest BCUT2D eigenvalue weighted by Crippen LogP contribution is -2.31. The number of hydrogen-bond donors (Lipinski definition) is 2. The fourth-order valence-corrected chi connectivity index (χ4v) is 3.29. The largest absolute Gasteiger partial charge is 0.369 e. The molecule has 1 aromatic rings. The number of nitrogens with zero attached hydrogens (tertiary/aromatic N) is 1. The van der Waals surface area contributed by atoms with Gasteiger partial charge in [-0.3, -0.25) is 9.59 Å². The first kappa shape index (κ1) is 17.1. The van der Waals surface area contributed by atoms with E-state index in [2.05, 4.69) is 25.2 Å². The third kappa shape index (κ3) is 4.14. The summed E-state index contributed by atoms with van der Waals surface area (Å²) in [6.45, 7) is 4.23. The van der Waals surface area contributed by atoms with E-state index in [1.165, 1.54) is 5.56 Å². The zero-order chi connectivity index (χ0) is 17.0. The van der Waals surface area contributed by atoms with Crippen LogP contribution in [-0.2, 0) is 9.59 Å². The molecule has 1 atom stereocenters. The van der Waals surface area contributed by atoms with E-state index in [4.69, 9.17) is 5.73 Å². The Bertz CT molecular complexity index is 687.